The Morgan fingerprint density at radius 2 is 1.48 bits per heavy atom. The van der Waals surface area contributed by atoms with Gasteiger partial charge in [0.25, 0.3) is 11.5 Å². The van der Waals surface area contributed by atoms with E-state index in [1.54, 1.807) is 12.1 Å². The summed E-state index contributed by atoms with van der Waals surface area (Å²) in [7, 11) is 0. The second-order valence-corrected chi connectivity index (χ2v) is 5.60. The standard InChI is InChI=1S/C17H19N5O3/c18-5-7-20-11-3-4-12(21-8-6-19)14-13(11)16(23)10-2-1-9-22(25)15(10)17(14)24/h1-4,9,20-21H,5-8,18-19H2. The highest BCUT2D eigenvalue weighted by Crippen LogP contribution is 2.35. The van der Waals surface area contributed by atoms with Gasteiger partial charge in [0.15, 0.2) is 6.20 Å². The molecule has 0 radical (unpaired) electrons. The summed E-state index contributed by atoms with van der Waals surface area (Å²) in [4.78, 5) is 26.0. The van der Waals surface area contributed by atoms with Crippen molar-refractivity contribution in [2.24, 2.45) is 11.5 Å². The zero-order chi connectivity index (χ0) is 18.0. The predicted molar refractivity (Wildman–Crippen MR) is 93.8 cm³/mol. The van der Waals surface area contributed by atoms with Crippen LogP contribution in [0.3, 0.4) is 0 Å². The molecule has 0 fully saturated rings. The molecule has 0 aliphatic heterocycles. The third-order valence-electron chi connectivity index (χ3n) is 4.00. The van der Waals surface area contributed by atoms with E-state index in [0.717, 1.165) is 0 Å². The lowest BCUT2D eigenvalue weighted by Gasteiger charge is -2.22. The Morgan fingerprint density at radius 1 is 0.920 bits per heavy atom. The van der Waals surface area contributed by atoms with Crippen LogP contribution in [0.25, 0.3) is 0 Å². The molecule has 1 aliphatic rings. The topological polar surface area (TPSA) is 137 Å². The minimum Gasteiger partial charge on any atom is -0.618 e. The molecule has 0 saturated heterocycles. The first-order chi connectivity index (χ1) is 12.1. The number of pyridine rings is 1. The Balaban J connectivity index is 2.22. The number of nitrogens with two attached hydrogens (primary N) is 2. The van der Waals surface area contributed by atoms with Crippen molar-refractivity contribution in [1.29, 1.82) is 0 Å². The molecule has 1 heterocycles. The summed E-state index contributed by atoms with van der Waals surface area (Å²) >= 11 is 0. The van der Waals surface area contributed by atoms with Gasteiger partial charge in [-0.1, -0.05) is 0 Å². The van der Waals surface area contributed by atoms with Crippen LogP contribution in [0, 0.1) is 5.21 Å². The van der Waals surface area contributed by atoms with E-state index < -0.39 is 5.78 Å². The lowest BCUT2D eigenvalue weighted by molar-refractivity contribution is -0.607. The van der Waals surface area contributed by atoms with E-state index in [0.29, 0.717) is 42.3 Å². The van der Waals surface area contributed by atoms with Gasteiger partial charge in [-0.25, -0.2) is 0 Å². The summed E-state index contributed by atoms with van der Waals surface area (Å²) in [5.74, 6) is -0.859. The molecule has 1 aromatic heterocycles. The summed E-state index contributed by atoms with van der Waals surface area (Å²) in [6.45, 7) is 1.62. The van der Waals surface area contributed by atoms with E-state index in [9.17, 15) is 14.8 Å². The van der Waals surface area contributed by atoms with Crippen LogP contribution in [0.1, 0.15) is 32.0 Å². The Bertz CT molecular complexity index is 850. The van der Waals surface area contributed by atoms with Crippen molar-refractivity contribution in [1.82, 2.24) is 0 Å². The summed E-state index contributed by atoms with van der Waals surface area (Å²) < 4.78 is 0.436. The number of ketones is 2. The molecule has 0 atom stereocenters. The Kier molecular flexibility index (Phi) is 4.64. The molecule has 1 aromatic carbocycles. The van der Waals surface area contributed by atoms with Crippen molar-refractivity contribution in [2.75, 3.05) is 36.8 Å². The van der Waals surface area contributed by atoms with E-state index in [4.69, 9.17) is 11.5 Å². The Morgan fingerprint density at radius 3 is 2.04 bits per heavy atom. The van der Waals surface area contributed by atoms with Crippen molar-refractivity contribution < 1.29 is 14.3 Å². The second-order valence-electron chi connectivity index (χ2n) is 5.60. The lowest BCUT2D eigenvalue weighted by Crippen LogP contribution is -2.40. The first-order valence-corrected chi connectivity index (χ1v) is 7.96. The van der Waals surface area contributed by atoms with Crippen LogP contribution in [0.5, 0.6) is 0 Å². The zero-order valence-corrected chi connectivity index (χ0v) is 13.5. The number of aromatic nitrogens is 1. The number of benzene rings is 1. The minimum absolute atomic E-state index is 0.0989. The monoisotopic (exact) mass is 341 g/mol. The third-order valence-corrected chi connectivity index (χ3v) is 4.00. The highest BCUT2D eigenvalue weighted by atomic mass is 16.5. The highest BCUT2D eigenvalue weighted by molar-refractivity contribution is 6.30. The molecule has 25 heavy (non-hydrogen) atoms. The van der Waals surface area contributed by atoms with E-state index in [2.05, 4.69) is 10.6 Å². The fraction of sp³-hybridized carbons (Fsp3) is 0.235. The molecule has 0 saturated carbocycles. The van der Waals surface area contributed by atoms with Crippen LogP contribution in [0.2, 0.25) is 0 Å². The van der Waals surface area contributed by atoms with Gasteiger partial charge in [-0.2, -0.15) is 4.73 Å². The van der Waals surface area contributed by atoms with Gasteiger partial charge in [0.1, 0.15) is 0 Å². The summed E-state index contributed by atoms with van der Waals surface area (Å²) in [6, 6.07) is 6.35. The zero-order valence-electron chi connectivity index (χ0n) is 13.5. The predicted octanol–water partition coefficient (Wildman–Crippen LogP) is -0.163. The van der Waals surface area contributed by atoms with Gasteiger partial charge in [-0.3, -0.25) is 9.59 Å². The minimum atomic E-state index is -0.490. The number of hydrogen-bond acceptors (Lipinski definition) is 7. The molecule has 3 rings (SSSR count). The van der Waals surface area contributed by atoms with Gasteiger partial charge >= 0.3 is 0 Å². The molecule has 0 amide bonds. The maximum Gasteiger partial charge on any atom is 0.276 e. The van der Waals surface area contributed by atoms with Crippen molar-refractivity contribution in [3.63, 3.8) is 0 Å². The number of anilines is 2. The fourth-order valence-corrected chi connectivity index (χ4v) is 2.93. The van der Waals surface area contributed by atoms with E-state index in [1.165, 1.54) is 18.3 Å². The summed E-state index contributed by atoms with van der Waals surface area (Å²) in [5, 5.41) is 18.2. The number of carbonyl (C=O) groups is 2. The molecule has 8 heteroatoms. The molecule has 6 N–H and O–H groups in total. The molecule has 2 aromatic rings. The van der Waals surface area contributed by atoms with Crippen molar-refractivity contribution in [2.45, 2.75) is 0 Å². The number of fused-ring (bicyclic) bond motifs is 2. The Hall–Kier alpha value is -2.97. The van der Waals surface area contributed by atoms with Crippen LogP contribution in [-0.4, -0.2) is 37.7 Å². The molecule has 0 bridgehead atoms. The third kappa shape index (κ3) is 2.81. The van der Waals surface area contributed by atoms with Gasteiger partial charge in [-0.15, -0.1) is 0 Å². The molecular formula is C17H19N5O3. The average molecular weight is 341 g/mol. The fourth-order valence-electron chi connectivity index (χ4n) is 2.93. The SMILES string of the molecule is NCCNc1ccc(NCCN)c2c1C(=O)c1ccc[n+]([O-])c1C2=O. The van der Waals surface area contributed by atoms with E-state index in [1.807, 2.05) is 0 Å². The number of rotatable bonds is 6. The van der Waals surface area contributed by atoms with Crippen LogP contribution < -0.4 is 26.8 Å². The average Bonchev–Trinajstić information content (AvgIpc) is 2.62. The van der Waals surface area contributed by atoms with E-state index in [-0.39, 0.29) is 28.2 Å². The Labute approximate surface area is 144 Å². The van der Waals surface area contributed by atoms with Gasteiger partial charge in [0.2, 0.25) is 5.78 Å². The maximum atomic E-state index is 13.0. The molecule has 1 aliphatic carbocycles. The highest BCUT2D eigenvalue weighted by Gasteiger charge is 2.39. The maximum absolute atomic E-state index is 13.0. The lowest BCUT2D eigenvalue weighted by atomic mass is 9.84. The van der Waals surface area contributed by atoms with Crippen molar-refractivity contribution in [3.05, 3.63) is 58.1 Å². The normalized spacial score (nSPS) is 12.6. The first-order valence-electron chi connectivity index (χ1n) is 7.96. The number of nitrogens with zero attached hydrogens (tertiary/aromatic N) is 1. The van der Waals surface area contributed by atoms with Crippen LogP contribution in [-0.2, 0) is 0 Å². The number of nitrogens with one attached hydrogen (secondary N) is 2. The molecule has 130 valence electrons. The van der Waals surface area contributed by atoms with Gasteiger partial charge in [0, 0.05) is 43.6 Å². The second kappa shape index (κ2) is 6.88. The van der Waals surface area contributed by atoms with Gasteiger partial charge < -0.3 is 27.3 Å². The first kappa shape index (κ1) is 16.9. The summed E-state index contributed by atoms with van der Waals surface area (Å²) in [5.41, 5.74) is 12.4. The summed E-state index contributed by atoms with van der Waals surface area (Å²) in [6.07, 6.45) is 1.21. The van der Waals surface area contributed by atoms with Crippen LogP contribution in [0.15, 0.2) is 30.5 Å². The van der Waals surface area contributed by atoms with Crippen molar-refractivity contribution in [3.8, 4) is 0 Å². The quantitative estimate of drug-likeness (QED) is 0.361. The van der Waals surface area contributed by atoms with Gasteiger partial charge in [0.05, 0.1) is 16.7 Å². The van der Waals surface area contributed by atoms with Crippen molar-refractivity contribution >= 4 is 22.9 Å². The van der Waals surface area contributed by atoms with E-state index >= 15 is 0 Å². The largest absolute Gasteiger partial charge is 0.618 e. The molecule has 8 nitrogen and oxygen atoms in total. The number of hydrogen-bond donors (Lipinski definition) is 4. The number of carbonyl (C=O) groups excluding carboxylic acids is 2. The smallest absolute Gasteiger partial charge is 0.276 e. The van der Waals surface area contributed by atoms with Crippen LogP contribution in [0.4, 0.5) is 11.4 Å². The van der Waals surface area contributed by atoms with Gasteiger partial charge in [-0.05, 0) is 18.2 Å². The molecule has 0 spiro atoms. The molecular weight excluding hydrogens is 322 g/mol. The molecule has 0 unspecified atom stereocenters. The van der Waals surface area contributed by atoms with Crippen LogP contribution >= 0.6 is 0 Å².